The van der Waals surface area contributed by atoms with Crippen molar-refractivity contribution in [3.63, 3.8) is 0 Å². The molecule has 2 aliphatic rings. The molecule has 1 unspecified atom stereocenters. The number of carbonyl (C=O) groups is 1. The molecule has 0 saturated heterocycles. The van der Waals surface area contributed by atoms with E-state index in [4.69, 9.17) is 16.4 Å². The Morgan fingerprint density at radius 2 is 1.97 bits per heavy atom. The fourth-order valence-electron chi connectivity index (χ4n) is 3.78. The Morgan fingerprint density at radius 1 is 1.31 bits per heavy atom. The fourth-order valence-corrected chi connectivity index (χ4v) is 4.06. The SMILES string of the molecule is C=C(/N=C1\C(=C/C)C=C(c2ccc(C3=NC(C)ON3)cc2Cl)C(=O)N1CC)NC(CC)CC.CCC. The van der Waals surface area contributed by atoms with Crippen LogP contribution in [0.2, 0.25) is 5.02 Å². The number of hydroxylamine groups is 1. The molecule has 2 heterocycles. The lowest BCUT2D eigenvalue weighted by Crippen LogP contribution is -2.41. The monoisotopic (exact) mass is 513 g/mol. The largest absolute Gasteiger partial charge is 0.368 e. The first-order valence-electron chi connectivity index (χ1n) is 12.8. The van der Waals surface area contributed by atoms with E-state index in [0.29, 0.717) is 46.2 Å². The number of allylic oxidation sites excluding steroid dienone is 1. The lowest BCUT2D eigenvalue weighted by atomic mass is 9.95. The van der Waals surface area contributed by atoms with Crippen molar-refractivity contribution in [2.45, 2.75) is 80.0 Å². The van der Waals surface area contributed by atoms with Crippen LogP contribution >= 0.6 is 11.6 Å². The van der Waals surface area contributed by atoms with E-state index in [1.165, 1.54) is 6.42 Å². The van der Waals surface area contributed by atoms with Crippen molar-refractivity contribution in [2.75, 3.05) is 6.54 Å². The van der Waals surface area contributed by atoms with Crippen LogP contribution in [-0.2, 0) is 9.63 Å². The summed E-state index contributed by atoms with van der Waals surface area (Å²) in [6.07, 6.45) is 6.71. The standard InChI is InChI=1S/C25H32ClN5O2.C3H8/c1-7-17-13-21(20-12-11-18(14-22(20)26)23-29-16(6)33-30-23)25(32)31(10-4)24(17)28-15(5)27-19(8-2)9-3;1-3-2/h7,11-14,16,19,27H,5,8-10H2,1-4,6H3,(H,29,30);3H2,1-2H3/b17-7-,28-24+;. The van der Waals surface area contributed by atoms with E-state index in [0.717, 1.165) is 24.0 Å². The van der Waals surface area contributed by atoms with Crippen LogP contribution in [0, 0.1) is 0 Å². The first-order chi connectivity index (χ1) is 17.2. The molecular weight excluding hydrogens is 474 g/mol. The van der Waals surface area contributed by atoms with E-state index in [2.05, 4.69) is 55.1 Å². The molecule has 2 N–H and O–H groups in total. The first-order valence-corrected chi connectivity index (χ1v) is 13.2. The van der Waals surface area contributed by atoms with Gasteiger partial charge in [-0.25, -0.2) is 20.3 Å². The molecule has 8 heteroatoms. The van der Waals surface area contributed by atoms with Crippen molar-refractivity contribution in [3.8, 4) is 0 Å². The highest BCUT2D eigenvalue weighted by Crippen LogP contribution is 2.32. The van der Waals surface area contributed by atoms with Gasteiger partial charge in [0.15, 0.2) is 12.1 Å². The lowest BCUT2D eigenvalue weighted by Gasteiger charge is -2.30. The zero-order valence-electron chi connectivity index (χ0n) is 22.6. The predicted octanol–water partition coefficient (Wildman–Crippen LogP) is 6.22. The highest BCUT2D eigenvalue weighted by molar-refractivity contribution is 6.37. The predicted molar refractivity (Wildman–Crippen MR) is 151 cm³/mol. The van der Waals surface area contributed by atoms with Gasteiger partial charge in [-0.2, -0.15) is 0 Å². The van der Waals surface area contributed by atoms with Crippen LogP contribution < -0.4 is 10.8 Å². The van der Waals surface area contributed by atoms with Crippen molar-refractivity contribution < 1.29 is 9.63 Å². The van der Waals surface area contributed by atoms with Crippen LogP contribution in [0.1, 0.15) is 78.9 Å². The summed E-state index contributed by atoms with van der Waals surface area (Å²) >= 11 is 6.63. The molecule has 196 valence electrons. The van der Waals surface area contributed by atoms with Gasteiger partial charge in [-0.05, 0) is 45.8 Å². The smallest absolute Gasteiger partial charge is 0.260 e. The number of amidine groups is 2. The first kappa shape index (κ1) is 29.3. The molecule has 0 aliphatic carbocycles. The summed E-state index contributed by atoms with van der Waals surface area (Å²) in [4.78, 5) is 29.4. The highest BCUT2D eigenvalue weighted by atomic mass is 35.5. The number of halogens is 1. The number of amides is 1. The number of nitrogens with one attached hydrogen (secondary N) is 2. The van der Waals surface area contributed by atoms with E-state index < -0.39 is 0 Å². The molecule has 0 bridgehead atoms. The minimum absolute atomic E-state index is 0.153. The van der Waals surface area contributed by atoms with E-state index in [1.807, 2.05) is 45.1 Å². The Labute approximate surface area is 221 Å². The number of carbonyl (C=O) groups excluding carboxylic acids is 1. The zero-order chi connectivity index (χ0) is 26.8. The second kappa shape index (κ2) is 14.0. The van der Waals surface area contributed by atoms with Gasteiger partial charge in [0.05, 0.1) is 0 Å². The van der Waals surface area contributed by atoms with Gasteiger partial charge in [0.1, 0.15) is 11.7 Å². The molecule has 1 aromatic rings. The fraction of sp³-hybridized carbons (Fsp3) is 0.464. The minimum Gasteiger partial charge on any atom is -0.368 e. The normalized spacial score (nSPS) is 19.6. The summed E-state index contributed by atoms with van der Waals surface area (Å²) in [5.41, 5.74) is 5.60. The average Bonchev–Trinajstić information content (AvgIpc) is 3.30. The topological polar surface area (TPSA) is 78.3 Å². The third-order valence-electron chi connectivity index (χ3n) is 5.68. The summed E-state index contributed by atoms with van der Waals surface area (Å²) in [7, 11) is 0. The maximum Gasteiger partial charge on any atom is 0.260 e. The molecule has 1 atom stereocenters. The van der Waals surface area contributed by atoms with Crippen LogP contribution in [0.5, 0.6) is 0 Å². The molecule has 0 fully saturated rings. The van der Waals surface area contributed by atoms with Crippen LogP contribution in [-0.4, -0.2) is 41.3 Å². The second-order valence-corrected chi connectivity index (χ2v) is 9.00. The van der Waals surface area contributed by atoms with Gasteiger partial charge in [0, 0.05) is 39.9 Å². The summed E-state index contributed by atoms with van der Waals surface area (Å²) in [5.74, 6) is 1.59. The molecular formula is C28H40ClN5O2. The average molecular weight is 514 g/mol. The van der Waals surface area contributed by atoms with Crippen molar-refractivity contribution in [1.82, 2.24) is 15.7 Å². The van der Waals surface area contributed by atoms with Crippen LogP contribution in [0.4, 0.5) is 0 Å². The summed E-state index contributed by atoms with van der Waals surface area (Å²) in [5, 5.41) is 3.80. The van der Waals surface area contributed by atoms with Gasteiger partial charge in [0.25, 0.3) is 5.91 Å². The van der Waals surface area contributed by atoms with E-state index >= 15 is 0 Å². The van der Waals surface area contributed by atoms with Gasteiger partial charge in [-0.15, -0.1) is 0 Å². The molecule has 0 spiro atoms. The molecule has 1 aromatic carbocycles. The van der Waals surface area contributed by atoms with Crippen molar-refractivity contribution in [1.29, 1.82) is 0 Å². The lowest BCUT2D eigenvalue weighted by molar-refractivity contribution is -0.121. The van der Waals surface area contributed by atoms with Gasteiger partial charge >= 0.3 is 0 Å². The molecule has 3 rings (SSSR count). The Balaban J connectivity index is 0.00000145. The zero-order valence-corrected chi connectivity index (χ0v) is 23.4. The third kappa shape index (κ3) is 7.08. The number of likely N-dealkylation sites (N-methyl/N-ethyl adjacent to an activating group) is 1. The Bertz CT molecular complexity index is 1070. The van der Waals surface area contributed by atoms with E-state index in [9.17, 15) is 4.79 Å². The van der Waals surface area contributed by atoms with E-state index in [-0.39, 0.29) is 12.1 Å². The Morgan fingerprint density at radius 3 is 2.47 bits per heavy atom. The highest BCUT2D eigenvalue weighted by Gasteiger charge is 2.31. The van der Waals surface area contributed by atoms with Gasteiger partial charge in [-0.1, -0.05) is 70.5 Å². The van der Waals surface area contributed by atoms with Crippen molar-refractivity contribution in [2.24, 2.45) is 9.98 Å². The van der Waals surface area contributed by atoms with Gasteiger partial charge in [0.2, 0.25) is 0 Å². The minimum atomic E-state index is -0.261. The summed E-state index contributed by atoms with van der Waals surface area (Å²) < 4.78 is 0. The maximum atomic E-state index is 13.5. The van der Waals surface area contributed by atoms with Crippen molar-refractivity contribution >= 4 is 34.8 Å². The molecule has 36 heavy (non-hydrogen) atoms. The molecule has 0 radical (unpaired) electrons. The van der Waals surface area contributed by atoms with Crippen molar-refractivity contribution in [3.05, 3.63) is 64.5 Å². The summed E-state index contributed by atoms with van der Waals surface area (Å²) in [6.45, 7) is 18.7. The van der Waals surface area contributed by atoms with Crippen LogP contribution in [0.15, 0.2) is 58.3 Å². The van der Waals surface area contributed by atoms with E-state index in [1.54, 1.807) is 11.0 Å². The van der Waals surface area contributed by atoms with Gasteiger partial charge in [-0.3, -0.25) is 9.69 Å². The number of hydrogen-bond acceptors (Lipinski definition) is 6. The number of aliphatic imine (C=N–C) groups is 2. The molecule has 7 nitrogen and oxygen atoms in total. The summed E-state index contributed by atoms with van der Waals surface area (Å²) in [6, 6.07) is 5.79. The number of hydrogen-bond donors (Lipinski definition) is 2. The van der Waals surface area contributed by atoms with Crippen LogP contribution in [0.3, 0.4) is 0 Å². The second-order valence-electron chi connectivity index (χ2n) is 8.59. The Kier molecular flexibility index (Phi) is 11.4. The number of nitrogens with zero attached hydrogens (tertiary/aromatic N) is 3. The molecule has 2 aliphatic heterocycles. The quantitative estimate of drug-likeness (QED) is 0.432. The number of rotatable bonds is 8. The third-order valence-corrected chi connectivity index (χ3v) is 6.00. The molecule has 1 amide bonds. The van der Waals surface area contributed by atoms with Crippen LogP contribution in [0.25, 0.3) is 5.57 Å². The number of benzene rings is 1. The Hall–Kier alpha value is -2.90. The van der Waals surface area contributed by atoms with Gasteiger partial charge < -0.3 is 5.32 Å². The molecule has 0 saturated carbocycles. The maximum absolute atomic E-state index is 13.5. The molecule has 0 aromatic heterocycles.